The van der Waals surface area contributed by atoms with Crippen molar-refractivity contribution in [3.05, 3.63) is 88.8 Å². The van der Waals surface area contributed by atoms with E-state index in [4.69, 9.17) is 11.6 Å². The van der Waals surface area contributed by atoms with Gasteiger partial charge in [-0.2, -0.15) is 13.2 Å². The SMILES string of the molecule is C1=CC=CNC=C1.OC1CC(CC(F)(F)F)CC2=C1CCc1c2ccc2cccc(Cl)c12. The lowest BCUT2D eigenvalue weighted by Crippen LogP contribution is -2.28. The first kappa shape index (κ1) is 22.7. The van der Waals surface area contributed by atoms with Crippen LogP contribution in [0.3, 0.4) is 0 Å². The average molecular weight is 460 g/mol. The summed E-state index contributed by atoms with van der Waals surface area (Å²) in [6, 6.07) is 9.68. The summed E-state index contributed by atoms with van der Waals surface area (Å²) >= 11 is 6.40. The predicted octanol–water partition coefficient (Wildman–Crippen LogP) is 7.09. The van der Waals surface area contributed by atoms with Gasteiger partial charge in [-0.1, -0.05) is 48.0 Å². The molecule has 0 saturated carbocycles. The third-order valence-electron chi connectivity index (χ3n) is 6.15. The monoisotopic (exact) mass is 459 g/mol. The van der Waals surface area contributed by atoms with Gasteiger partial charge < -0.3 is 10.4 Å². The Morgan fingerprint density at radius 1 is 1.00 bits per heavy atom. The molecule has 0 spiro atoms. The zero-order valence-corrected chi connectivity index (χ0v) is 18.3. The molecule has 1 heterocycles. The quantitative estimate of drug-likeness (QED) is 0.477. The van der Waals surface area contributed by atoms with E-state index in [1.165, 1.54) is 0 Å². The molecule has 6 heteroatoms. The van der Waals surface area contributed by atoms with E-state index in [1.807, 2.05) is 67.0 Å². The second-order valence-electron chi connectivity index (χ2n) is 8.34. The summed E-state index contributed by atoms with van der Waals surface area (Å²) in [5, 5.41) is 16.0. The molecule has 2 unspecified atom stereocenters. The van der Waals surface area contributed by atoms with E-state index >= 15 is 0 Å². The van der Waals surface area contributed by atoms with Crippen LogP contribution in [0.2, 0.25) is 5.02 Å². The van der Waals surface area contributed by atoms with Crippen molar-refractivity contribution in [1.82, 2.24) is 5.32 Å². The van der Waals surface area contributed by atoms with Crippen LogP contribution in [0.5, 0.6) is 0 Å². The normalized spacial score (nSPS) is 21.9. The topological polar surface area (TPSA) is 32.3 Å². The van der Waals surface area contributed by atoms with Crippen LogP contribution in [0.25, 0.3) is 16.3 Å². The fraction of sp³-hybridized carbons (Fsp3) is 0.308. The molecule has 32 heavy (non-hydrogen) atoms. The summed E-state index contributed by atoms with van der Waals surface area (Å²) in [5.74, 6) is -0.568. The highest BCUT2D eigenvalue weighted by molar-refractivity contribution is 6.36. The summed E-state index contributed by atoms with van der Waals surface area (Å²) in [5.41, 5.74) is 3.88. The van der Waals surface area contributed by atoms with Gasteiger partial charge in [0.25, 0.3) is 0 Å². The van der Waals surface area contributed by atoms with E-state index in [0.29, 0.717) is 17.9 Å². The zero-order chi connectivity index (χ0) is 22.7. The summed E-state index contributed by atoms with van der Waals surface area (Å²) in [4.78, 5) is 0. The van der Waals surface area contributed by atoms with Crippen molar-refractivity contribution >= 4 is 27.9 Å². The van der Waals surface area contributed by atoms with Crippen LogP contribution in [0, 0.1) is 5.92 Å². The maximum atomic E-state index is 12.8. The van der Waals surface area contributed by atoms with Crippen molar-refractivity contribution in [2.24, 2.45) is 5.92 Å². The summed E-state index contributed by atoms with van der Waals surface area (Å²) < 4.78 is 38.5. The number of alkyl halides is 3. The minimum Gasteiger partial charge on any atom is -0.389 e. The fourth-order valence-corrected chi connectivity index (χ4v) is 5.16. The molecule has 0 amide bonds. The number of aliphatic hydroxyl groups excluding tert-OH is 1. The molecule has 0 saturated heterocycles. The molecule has 2 atom stereocenters. The number of hydrogen-bond donors (Lipinski definition) is 2. The van der Waals surface area contributed by atoms with Crippen LogP contribution in [0.1, 0.15) is 36.8 Å². The van der Waals surface area contributed by atoms with Crippen LogP contribution in [-0.4, -0.2) is 17.4 Å². The van der Waals surface area contributed by atoms with E-state index in [0.717, 1.165) is 39.5 Å². The molecule has 0 aromatic heterocycles. The Morgan fingerprint density at radius 3 is 2.47 bits per heavy atom. The van der Waals surface area contributed by atoms with Crippen molar-refractivity contribution in [3.8, 4) is 0 Å². The average Bonchev–Trinajstić information content (AvgIpc) is 3.06. The molecular weight excluding hydrogens is 435 g/mol. The minimum absolute atomic E-state index is 0.196. The van der Waals surface area contributed by atoms with Crippen LogP contribution in [0.15, 0.2) is 72.6 Å². The van der Waals surface area contributed by atoms with E-state index in [2.05, 4.69) is 5.32 Å². The van der Waals surface area contributed by atoms with E-state index in [-0.39, 0.29) is 6.42 Å². The third kappa shape index (κ3) is 5.11. The number of halogens is 4. The largest absolute Gasteiger partial charge is 0.389 e. The minimum atomic E-state index is -4.20. The van der Waals surface area contributed by atoms with Crippen LogP contribution in [-0.2, 0) is 6.42 Å². The Hall–Kier alpha value is -2.50. The number of hydrogen-bond acceptors (Lipinski definition) is 2. The second-order valence-corrected chi connectivity index (χ2v) is 8.75. The van der Waals surface area contributed by atoms with Gasteiger partial charge in [0.2, 0.25) is 0 Å². The number of aryl methyl sites for hydroxylation is 1. The molecular formula is C26H25ClF3NO. The van der Waals surface area contributed by atoms with Gasteiger partial charge in [-0.15, -0.1) is 0 Å². The molecule has 2 aromatic carbocycles. The third-order valence-corrected chi connectivity index (χ3v) is 6.46. The van der Waals surface area contributed by atoms with Gasteiger partial charge in [0.05, 0.1) is 6.10 Å². The van der Waals surface area contributed by atoms with Gasteiger partial charge in [-0.25, -0.2) is 0 Å². The molecule has 168 valence electrons. The first-order chi connectivity index (χ1) is 15.3. The van der Waals surface area contributed by atoms with Crippen molar-refractivity contribution < 1.29 is 18.3 Å². The van der Waals surface area contributed by atoms with Crippen molar-refractivity contribution in [1.29, 1.82) is 0 Å². The highest BCUT2D eigenvalue weighted by Crippen LogP contribution is 2.47. The fourth-order valence-electron chi connectivity index (χ4n) is 4.86. The van der Waals surface area contributed by atoms with Gasteiger partial charge in [0, 0.05) is 29.2 Å². The highest BCUT2D eigenvalue weighted by Gasteiger charge is 2.38. The second kappa shape index (κ2) is 9.55. The number of benzene rings is 2. The van der Waals surface area contributed by atoms with Gasteiger partial charge in [-0.3, -0.25) is 0 Å². The molecule has 5 rings (SSSR count). The Balaban J connectivity index is 0.000000300. The maximum Gasteiger partial charge on any atom is 0.389 e. The highest BCUT2D eigenvalue weighted by atomic mass is 35.5. The van der Waals surface area contributed by atoms with Gasteiger partial charge in [0.1, 0.15) is 0 Å². The molecule has 2 N–H and O–H groups in total. The van der Waals surface area contributed by atoms with Crippen molar-refractivity contribution in [2.75, 3.05) is 0 Å². The maximum absolute atomic E-state index is 12.8. The Kier molecular flexibility index (Phi) is 6.77. The number of nitrogens with one attached hydrogen (secondary N) is 1. The lowest BCUT2D eigenvalue weighted by molar-refractivity contribution is -0.146. The van der Waals surface area contributed by atoms with Crippen LogP contribution < -0.4 is 5.32 Å². The van der Waals surface area contributed by atoms with Gasteiger partial charge in [0.15, 0.2) is 0 Å². The van der Waals surface area contributed by atoms with E-state index in [9.17, 15) is 18.3 Å². The van der Waals surface area contributed by atoms with Crippen LogP contribution >= 0.6 is 11.6 Å². The molecule has 0 fully saturated rings. The first-order valence-corrected chi connectivity index (χ1v) is 11.1. The molecule has 2 nitrogen and oxygen atoms in total. The summed E-state index contributed by atoms with van der Waals surface area (Å²) in [6.07, 6.45) is 7.77. The first-order valence-electron chi connectivity index (χ1n) is 10.7. The lowest BCUT2D eigenvalue weighted by atomic mass is 9.72. The number of aliphatic hydroxyl groups is 1. The van der Waals surface area contributed by atoms with Crippen molar-refractivity contribution in [2.45, 2.75) is 44.4 Å². The summed E-state index contributed by atoms with van der Waals surface area (Å²) in [7, 11) is 0. The smallest absolute Gasteiger partial charge is 0.389 e. The Bertz CT molecular complexity index is 1100. The summed E-state index contributed by atoms with van der Waals surface area (Å²) in [6.45, 7) is 0. The van der Waals surface area contributed by atoms with Gasteiger partial charge in [-0.05, 0) is 77.5 Å². The Morgan fingerprint density at radius 2 is 1.75 bits per heavy atom. The van der Waals surface area contributed by atoms with E-state index in [1.54, 1.807) is 0 Å². The van der Waals surface area contributed by atoms with Crippen molar-refractivity contribution in [3.63, 3.8) is 0 Å². The molecule has 0 bridgehead atoms. The lowest BCUT2D eigenvalue weighted by Gasteiger charge is -2.35. The number of allylic oxidation sites excluding steroid dienone is 5. The van der Waals surface area contributed by atoms with Crippen LogP contribution in [0.4, 0.5) is 13.2 Å². The van der Waals surface area contributed by atoms with E-state index < -0.39 is 24.6 Å². The van der Waals surface area contributed by atoms with Gasteiger partial charge >= 0.3 is 6.18 Å². The molecule has 3 aliphatic rings. The zero-order valence-electron chi connectivity index (χ0n) is 17.5. The number of fused-ring (bicyclic) bond motifs is 4. The molecule has 2 aromatic rings. The standard InChI is InChI=1S/C20H18ClF3O.C6H7N/c21-17-3-1-2-12-4-5-13-15(19(12)17)7-6-14-16(13)8-11(9-18(14)25)10-20(22,23)24;1-2-4-6-7-5-3-1/h1-5,11,18,25H,6-10H2;1-7H. The molecule has 1 aliphatic heterocycles. The molecule has 2 aliphatic carbocycles. The predicted molar refractivity (Wildman–Crippen MR) is 124 cm³/mol. The Labute approximate surface area is 190 Å². The number of rotatable bonds is 1. The molecule has 0 radical (unpaired) electrons.